The van der Waals surface area contributed by atoms with E-state index in [1.165, 1.54) is 42.6 Å². The van der Waals surface area contributed by atoms with Gasteiger partial charge in [0.2, 0.25) is 5.91 Å². The van der Waals surface area contributed by atoms with Crippen LogP contribution in [0.15, 0.2) is 30.8 Å². The van der Waals surface area contributed by atoms with Gasteiger partial charge in [0.05, 0.1) is 4.88 Å². The van der Waals surface area contributed by atoms with Crippen molar-refractivity contribution in [3.63, 3.8) is 0 Å². The van der Waals surface area contributed by atoms with E-state index in [0.29, 0.717) is 17.0 Å². The van der Waals surface area contributed by atoms with Gasteiger partial charge in [0.1, 0.15) is 11.9 Å². The lowest BCUT2D eigenvalue weighted by molar-refractivity contribution is -0.133. The molecule has 7 nitrogen and oxygen atoms in total. The molecule has 0 spiro atoms. The third kappa shape index (κ3) is 8.54. The summed E-state index contributed by atoms with van der Waals surface area (Å²) >= 11 is 1.43. The number of rotatable bonds is 10. The summed E-state index contributed by atoms with van der Waals surface area (Å²) in [6, 6.07) is 8.41. The summed E-state index contributed by atoms with van der Waals surface area (Å²) in [5, 5.41) is 7.49. The zero-order valence-corrected chi connectivity index (χ0v) is 26.7. The topological polar surface area (TPSA) is 86.5 Å². The van der Waals surface area contributed by atoms with Crippen LogP contribution in [0.25, 0.3) is 5.70 Å². The summed E-state index contributed by atoms with van der Waals surface area (Å²) in [6.07, 6.45) is 8.38. The second-order valence-corrected chi connectivity index (χ2v) is 13.1. The van der Waals surface area contributed by atoms with E-state index in [1.807, 2.05) is 30.9 Å². The fraction of sp³-hybridized carbons (Fsp3) is 0.625. The third-order valence-electron chi connectivity index (χ3n) is 7.78. The number of hydrogen-bond acceptors (Lipinski definition) is 7. The molecule has 1 unspecified atom stereocenters. The summed E-state index contributed by atoms with van der Waals surface area (Å²) in [4.78, 5) is 23.9. The van der Waals surface area contributed by atoms with E-state index in [9.17, 15) is 4.79 Å². The summed E-state index contributed by atoms with van der Waals surface area (Å²) in [5.74, 6) is 0.666. The minimum Gasteiger partial charge on any atom is -0.364 e. The molecule has 0 radical (unpaired) electrons. The monoisotopic (exact) mass is 570 g/mol. The number of carbonyl (C=O) groups is 1. The van der Waals surface area contributed by atoms with Gasteiger partial charge >= 0.3 is 0 Å². The van der Waals surface area contributed by atoms with Crippen molar-refractivity contribution in [2.75, 3.05) is 30.8 Å². The largest absolute Gasteiger partial charge is 0.364 e. The average Bonchev–Trinajstić information content (AvgIpc) is 3.69. The molecule has 2 aliphatic rings. The number of aryl methyl sites for hydroxylation is 1. The third-order valence-corrected chi connectivity index (χ3v) is 8.83. The Morgan fingerprint density at radius 1 is 1.20 bits per heavy atom. The number of carbonyl (C=O) groups excluding carboxylic acids is 1. The molecule has 2 fully saturated rings. The van der Waals surface area contributed by atoms with Crippen molar-refractivity contribution >= 4 is 33.9 Å². The van der Waals surface area contributed by atoms with Gasteiger partial charge in [-0.25, -0.2) is 4.98 Å². The number of nitrogens with one attached hydrogen (secondary N) is 2. The lowest BCUT2D eigenvalue weighted by atomic mass is 10.1. The number of amides is 1. The molecule has 1 aromatic carbocycles. The molecule has 224 valence electrons. The maximum atomic E-state index is 13.8. The summed E-state index contributed by atoms with van der Waals surface area (Å²) < 4.78 is 0. The molecule has 8 heteroatoms. The molecule has 1 amide bonds. The smallest absolute Gasteiger partial charge is 0.245 e. The van der Waals surface area contributed by atoms with E-state index in [0.717, 1.165) is 48.5 Å². The van der Waals surface area contributed by atoms with Crippen molar-refractivity contribution < 1.29 is 6.22 Å². The molecule has 40 heavy (non-hydrogen) atoms. The Bertz CT molecular complexity index is 1110. The van der Waals surface area contributed by atoms with Crippen molar-refractivity contribution in [1.82, 2.24) is 14.8 Å². The van der Waals surface area contributed by atoms with Gasteiger partial charge < -0.3 is 26.2 Å². The molecule has 2 atom stereocenters. The highest BCUT2D eigenvalue weighted by molar-refractivity contribution is 7.16. The van der Waals surface area contributed by atoms with Crippen molar-refractivity contribution in [3.05, 3.63) is 46.8 Å². The molecule has 1 aliphatic carbocycles. The van der Waals surface area contributed by atoms with E-state index >= 15 is 0 Å². The highest BCUT2D eigenvalue weighted by atomic mass is 32.1. The quantitative estimate of drug-likeness (QED) is 0.278. The predicted octanol–water partition coefficient (Wildman–Crippen LogP) is 7.27. The van der Waals surface area contributed by atoms with Crippen molar-refractivity contribution in [2.24, 2.45) is 5.73 Å². The summed E-state index contributed by atoms with van der Waals surface area (Å²) in [5.41, 5.74) is 9.44. The van der Waals surface area contributed by atoms with Crippen LogP contribution in [0.5, 0.6) is 0 Å². The Morgan fingerprint density at radius 2 is 1.85 bits per heavy atom. The lowest BCUT2D eigenvalue weighted by Gasteiger charge is -2.30. The molecule has 2 heterocycles. The molecule has 1 saturated carbocycles. The SMILES string of the molecule is C=C(Nc1nc(NC(C)(C)C)c(C(N)C(=O)N2CCC[C@H]2CCN(C)C2CCCC2)s1)c1ccc(C)cc1.CC.[HH]. The van der Waals surface area contributed by atoms with Crippen molar-refractivity contribution in [2.45, 2.75) is 110 Å². The Morgan fingerprint density at radius 3 is 2.48 bits per heavy atom. The first-order valence-corrected chi connectivity index (χ1v) is 15.9. The van der Waals surface area contributed by atoms with E-state index in [1.54, 1.807) is 0 Å². The molecule has 0 bridgehead atoms. The van der Waals surface area contributed by atoms with Gasteiger partial charge in [-0.05, 0) is 72.4 Å². The van der Waals surface area contributed by atoms with Gasteiger partial charge in [0, 0.05) is 37.8 Å². The first-order valence-electron chi connectivity index (χ1n) is 15.1. The number of benzene rings is 1. The molecular formula is C32H54N6OS. The maximum Gasteiger partial charge on any atom is 0.245 e. The Labute approximate surface area is 248 Å². The molecule has 1 aliphatic heterocycles. The highest BCUT2D eigenvalue weighted by Gasteiger charge is 2.35. The molecule has 2 aromatic rings. The number of nitrogens with zero attached hydrogens (tertiary/aromatic N) is 3. The van der Waals surface area contributed by atoms with Gasteiger partial charge in [0.15, 0.2) is 5.13 Å². The van der Waals surface area contributed by atoms with E-state index in [2.05, 4.69) is 69.0 Å². The standard InChI is InChI=1S/C30H46N6OS.C2H6.H2/c1-20-13-15-22(16-14-20)21(2)32-29-33-27(34-30(3,4)5)26(38-29)25(31)28(37)36-18-9-12-24(36)17-19-35(6)23-10-7-8-11-23;1-2;/h13-16,23-25,34H,2,7-12,17-19,31H2,1,3-6H3,(H,32,33);1-2H3;1H/t24-,25?;;/m0../s1. The number of likely N-dealkylation sites (tertiary alicyclic amines) is 1. The molecule has 1 aromatic heterocycles. The first-order chi connectivity index (χ1) is 19.0. The zero-order chi connectivity index (χ0) is 29.4. The Kier molecular flexibility index (Phi) is 11.6. The predicted molar refractivity (Wildman–Crippen MR) is 174 cm³/mol. The minimum atomic E-state index is -0.756. The van der Waals surface area contributed by atoms with Gasteiger partial charge in [-0.1, -0.05) is 74.4 Å². The van der Waals surface area contributed by atoms with E-state index < -0.39 is 6.04 Å². The lowest BCUT2D eigenvalue weighted by Crippen LogP contribution is -2.43. The molecule has 4 N–H and O–H groups in total. The zero-order valence-electron chi connectivity index (χ0n) is 25.8. The van der Waals surface area contributed by atoms with Crippen LogP contribution in [0.1, 0.15) is 103 Å². The molecule has 1 saturated heterocycles. The number of aromatic nitrogens is 1. The Hall–Kier alpha value is -2.42. The van der Waals surface area contributed by atoms with Crippen molar-refractivity contribution in [1.29, 1.82) is 0 Å². The number of thiazole rings is 1. The number of nitrogens with two attached hydrogens (primary N) is 1. The van der Waals surface area contributed by atoms with Crippen LogP contribution in [0, 0.1) is 6.92 Å². The van der Waals surface area contributed by atoms with Crippen LogP contribution in [0.2, 0.25) is 0 Å². The first kappa shape index (κ1) is 32.1. The van der Waals surface area contributed by atoms with Gasteiger partial charge in [-0.15, -0.1) is 0 Å². The summed E-state index contributed by atoms with van der Waals surface area (Å²) in [6.45, 7) is 18.3. The fourth-order valence-electron chi connectivity index (χ4n) is 5.59. The maximum absolute atomic E-state index is 13.8. The molecular weight excluding hydrogens is 516 g/mol. The minimum absolute atomic E-state index is 0. The van der Waals surface area contributed by atoms with Crippen LogP contribution in [0.4, 0.5) is 10.9 Å². The van der Waals surface area contributed by atoms with Gasteiger partial charge in [-0.3, -0.25) is 4.79 Å². The average molecular weight is 571 g/mol. The number of anilines is 2. The highest BCUT2D eigenvalue weighted by Crippen LogP contribution is 2.36. The van der Waals surface area contributed by atoms with Crippen molar-refractivity contribution in [3.8, 4) is 0 Å². The van der Waals surface area contributed by atoms with Gasteiger partial charge in [-0.2, -0.15) is 0 Å². The fourth-order valence-corrected chi connectivity index (χ4v) is 6.53. The van der Waals surface area contributed by atoms with Crippen LogP contribution >= 0.6 is 11.3 Å². The number of hydrogen-bond donors (Lipinski definition) is 3. The van der Waals surface area contributed by atoms with Crippen LogP contribution in [-0.4, -0.2) is 58.5 Å². The summed E-state index contributed by atoms with van der Waals surface area (Å²) in [7, 11) is 2.24. The second kappa shape index (κ2) is 14.5. The van der Waals surface area contributed by atoms with Crippen LogP contribution in [-0.2, 0) is 4.79 Å². The Balaban J connectivity index is 0.00000192. The van der Waals surface area contributed by atoms with Crippen LogP contribution < -0.4 is 16.4 Å². The van der Waals surface area contributed by atoms with E-state index in [-0.39, 0.29) is 18.9 Å². The van der Waals surface area contributed by atoms with Gasteiger partial charge in [0.25, 0.3) is 0 Å². The van der Waals surface area contributed by atoms with E-state index in [4.69, 9.17) is 10.7 Å². The molecule has 4 rings (SSSR count). The van der Waals surface area contributed by atoms with Crippen LogP contribution in [0.3, 0.4) is 0 Å². The second-order valence-electron chi connectivity index (χ2n) is 12.1. The normalized spacial score (nSPS) is 18.4.